The van der Waals surface area contributed by atoms with Gasteiger partial charge in [0.05, 0.1) is 6.10 Å². The zero-order valence-electron chi connectivity index (χ0n) is 12.6. The molecule has 0 unspecified atom stereocenters. The van der Waals surface area contributed by atoms with E-state index in [2.05, 4.69) is 4.90 Å². The highest BCUT2D eigenvalue weighted by Gasteiger charge is 2.18. The van der Waals surface area contributed by atoms with Gasteiger partial charge in [0.15, 0.2) is 0 Å². The van der Waals surface area contributed by atoms with Crippen molar-refractivity contribution in [3.05, 3.63) is 24.3 Å². The molecule has 0 amide bonds. The Bertz CT molecular complexity index is 405. The van der Waals surface area contributed by atoms with E-state index >= 15 is 0 Å². The Kier molecular flexibility index (Phi) is 6.51. The van der Waals surface area contributed by atoms with Crippen LogP contribution in [-0.4, -0.2) is 61.0 Å². The van der Waals surface area contributed by atoms with Gasteiger partial charge in [-0.2, -0.15) is 0 Å². The van der Waals surface area contributed by atoms with E-state index in [1.54, 1.807) is 24.3 Å². The summed E-state index contributed by atoms with van der Waals surface area (Å²) in [6, 6.07) is 6.84. The first-order valence-electron chi connectivity index (χ1n) is 7.62. The largest absolute Gasteiger partial charge is 0.492 e. The van der Waals surface area contributed by atoms with Crippen molar-refractivity contribution in [3.8, 4) is 5.75 Å². The van der Waals surface area contributed by atoms with Gasteiger partial charge >= 0.3 is 7.12 Å². The molecule has 1 aliphatic rings. The van der Waals surface area contributed by atoms with Crippen molar-refractivity contribution < 1.29 is 19.5 Å². The third kappa shape index (κ3) is 5.32. The molecule has 5 nitrogen and oxygen atoms in total. The second kappa shape index (κ2) is 8.39. The van der Waals surface area contributed by atoms with Crippen LogP contribution in [0.25, 0.3) is 0 Å². The quantitative estimate of drug-likeness (QED) is 0.706. The van der Waals surface area contributed by atoms with E-state index < -0.39 is 7.12 Å². The molecule has 0 atom stereocenters. The summed E-state index contributed by atoms with van der Waals surface area (Å²) < 4.78 is 11.3. The summed E-state index contributed by atoms with van der Waals surface area (Å²) in [6.45, 7) is 6.50. The molecule has 1 aromatic carbocycles. The van der Waals surface area contributed by atoms with E-state index in [1.165, 1.54) is 0 Å². The molecule has 1 aromatic rings. The highest BCUT2D eigenvalue weighted by Crippen LogP contribution is 2.13. The van der Waals surface area contributed by atoms with E-state index in [0.29, 0.717) is 18.2 Å². The SMILES string of the molecule is CCOC1CCN(CCOc2ccc(B(O)O)cc2)CC1. The minimum Gasteiger partial charge on any atom is -0.492 e. The Labute approximate surface area is 126 Å². The summed E-state index contributed by atoms with van der Waals surface area (Å²) in [5, 5.41) is 18.0. The zero-order valence-corrected chi connectivity index (χ0v) is 12.6. The highest BCUT2D eigenvalue weighted by atomic mass is 16.5. The number of piperidine rings is 1. The number of rotatable bonds is 7. The van der Waals surface area contributed by atoms with Crippen LogP contribution in [0.15, 0.2) is 24.3 Å². The molecular formula is C15H24BNO4. The molecule has 1 aliphatic heterocycles. The van der Waals surface area contributed by atoms with Gasteiger partial charge in [-0.15, -0.1) is 0 Å². The topological polar surface area (TPSA) is 62.2 Å². The minimum absolute atomic E-state index is 0.421. The Morgan fingerprint density at radius 1 is 1.19 bits per heavy atom. The molecule has 0 spiro atoms. The first kappa shape index (κ1) is 16.3. The fourth-order valence-corrected chi connectivity index (χ4v) is 2.56. The second-order valence-electron chi connectivity index (χ2n) is 5.29. The standard InChI is InChI=1S/C15H24BNO4/c1-2-20-15-7-9-17(10-8-15)11-12-21-14-5-3-13(4-6-14)16(18)19/h3-6,15,18-19H,2,7-12H2,1H3. The maximum atomic E-state index is 9.02. The van der Waals surface area contributed by atoms with Crippen LogP contribution < -0.4 is 10.2 Å². The summed E-state index contributed by atoms with van der Waals surface area (Å²) >= 11 is 0. The number of hydrogen-bond donors (Lipinski definition) is 2. The van der Waals surface area contributed by atoms with Gasteiger partial charge in [-0.1, -0.05) is 12.1 Å². The molecule has 0 aromatic heterocycles. The normalized spacial score (nSPS) is 16.9. The van der Waals surface area contributed by atoms with E-state index in [1.807, 2.05) is 6.92 Å². The van der Waals surface area contributed by atoms with Crippen LogP contribution >= 0.6 is 0 Å². The van der Waals surface area contributed by atoms with Gasteiger partial charge in [0.2, 0.25) is 0 Å². The highest BCUT2D eigenvalue weighted by molar-refractivity contribution is 6.58. The monoisotopic (exact) mass is 293 g/mol. The van der Waals surface area contributed by atoms with Crippen molar-refractivity contribution in [2.45, 2.75) is 25.9 Å². The van der Waals surface area contributed by atoms with Gasteiger partial charge in [-0.3, -0.25) is 4.90 Å². The molecular weight excluding hydrogens is 269 g/mol. The van der Waals surface area contributed by atoms with Gasteiger partial charge in [0.25, 0.3) is 0 Å². The van der Waals surface area contributed by atoms with E-state index in [-0.39, 0.29) is 0 Å². The Hall–Kier alpha value is -1.08. The van der Waals surface area contributed by atoms with Gasteiger partial charge < -0.3 is 19.5 Å². The summed E-state index contributed by atoms with van der Waals surface area (Å²) in [5.74, 6) is 0.753. The molecule has 2 rings (SSSR count). The fourth-order valence-electron chi connectivity index (χ4n) is 2.56. The smallest absolute Gasteiger partial charge is 0.488 e. The summed E-state index contributed by atoms with van der Waals surface area (Å²) in [4.78, 5) is 2.39. The average molecular weight is 293 g/mol. The summed E-state index contributed by atoms with van der Waals surface area (Å²) in [7, 11) is -1.43. The van der Waals surface area contributed by atoms with Crippen molar-refractivity contribution in [2.24, 2.45) is 0 Å². The van der Waals surface area contributed by atoms with Gasteiger partial charge in [-0.05, 0) is 37.4 Å². The Balaban J connectivity index is 1.65. The third-order valence-corrected chi connectivity index (χ3v) is 3.79. The minimum atomic E-state index is -1.43. The van der Waals surface area contributed by atoms with Crippen LogP contribution in [0.4, 0.5) is 0 Å². The Morgan fingerprint density at radius 3 is 2.43 bits per heavy atom. The van der Waals surface area contributed by atoms with Crippen LogP contribution in [-0.2, 0) is 4.74 Å². The number of ether oxygens (including phenoxy) is 2. The molecule has 0 aliphatic carbocycles. The lowest BCUT2D eigenvalue weighted by molar-refractivity contribution is 0.0119. The average Bonchev–Trinajstić information content (AvgIpc) is 2.50. The van der Waals surface area contributed by atoms with Crippen molar-refractivity contribution >= 4 is 12.6 Å². The van der Waals surface area contributed by atoms with Crippen molar-refractivity contribution in [2.75, 3.05) is 32.8 Å². The maximum absolute atomic E-state index is 9.02. The van der Waals surface area contributed by atoms with Crippen LogP contribution in [0, 0.1) is 0 Å². The van der Waals surface area contributed by atoms with Crippen molar-refractivity contribution in [1.29, 1.82) is 0 Å². The molecule has 1 heterocycles. The maximum Gasteiger partial charge on any atom is 0.488 e. The summed E-state index contributed by atoms with van der Waals surface area (Å²) in [6.07, 6.45) is 2.61. The fraction of sp³-hybridized carbons (Fsp3) is 0.600. The molecule has 2 N–H and O–H groups in total. The Morgan fingerprint density at radius 2 is 1.86 bits per heavy atom. The molecule has 116 valence electrons. The summed E-state index contributed by atoms with van der Waals surface area (Å²) in [5.41, 5.74) is 0.473. The third-order valence-electron chi connectivity index (χ3n) is 3.79. The van der Waals surface area contributed by atoms with Crippen LogP contribution in [0.5, 0.6) is 5.75 Å². The van der Waals surface area contributed by atoms with Crippen LogP contribution in [0.3, 0.4) is 0 Å². The predicted molar refractivity (Wildman–Crippen MR) is 82.9 cm³/mol. The van der Waals surface area contributed by atoms with Gasteiger partial charge in [-0.25, -0.2) is 0 Å². The van der Waals surface area contributed by atoms with Crippen LogP contribution in [0.2, 0.25) is 0 Å². The lowest BCUT2D eigenvalue weighted by Crippen LogP contribution is -2.39. The molecule has 21 heavy (non-hydrogen) atoms. The second-order valence-corrected chi connectivity index (χ2v) is 5.29. The molecule has 0 saturated carbocycles. The van der Waals surface area contributed by atoms with E-state index in [4.69, 9.17) is 19.5 Å². The van der Waals surface area contributed by atoms with Gasteiger partial charge in [0, 0.05) is 26.2 Å². The van der Waals surface area contributed by atoms with Crippen LogP contribution in [0.1, 0.15) is 19.8 Å². The number of hydrogen-bond acceptors (Lipinski definition) is 5. The first-order chi connectivity index (χ1) is 10.2. The van der Waals surface area contributed by atoms with Crippen molar-refractivity contribution in [3.63, 3.8) is 0 Å². The van der Waals surface area contributed by atoms with Crippen molar-refractivity contribution in [1.82, 2.24) is 4.90 Å². The number of likely N-dealkylation sites (tertiary alicyclic amines) is 1. The lowest BCUT2D eigenvalue weighted by atomic mass is 9.80. The van der Waals surface area contributed by atoms with Gasteiger partial charge in [0.1, 0.15) is 12.4 Å². The van der Waals surface area contributed by atoms with E-state index in [0.717, 1.165) is 44.8 Å². The lowest BCUT2D eigenvalue weighted by Gasteiger charge is -2.31. The predicted octanol–water partition coefficient (Wildman–Crippen LogP) is 0.246. The molecule has 0 bridgehead atoms. The zero-order chi connectivity index (χ0) is 15.1. The number of benzene rings is 1. The molecule has 1 fully saturated rings. The first-order valence-corrected chi connectivity index (χ1v) is 7.62. The number of nitrogens with zero attached hydrogens (tertiary/aromatic N) is 1. The molecule has 0 radical (unpaired) electrons. The molecule has 6 heteroatoms. The molecule has 1 saturated heterocycles. The van der Waals surface area contributed by atoms with E-state index in [9.17, 15) is 0 Å².